The van der Waals surface area contributed by atoms with Crippen molar-refractivity contribution in [3.63, 3.8) is 0 Å². The number of nitrogens with zero attached hydrogens (tertiary/aromatic N) is 1. The van der Waals surface area contributed by atoms with Gasteiger partial charge in [0.1, 0.15) is 0 Å². The topological polar surface area (TPSA) is 95.2 Å². The van der Waals surface area contributed by atoms with Crippen molar-refractivity contribution < 1.29 is 18.3 Å². The Morgan fingerprint density at radius 3 is 2.62 bits per heavy atom. The van der Waals surface area contributed by atoms with Crippen LogP contribution in [0.2, 0.25) is 0 Å². The standard InChI is InChI=1S/C7H9NO4S/c8-3-5-1-2-13(11,12)4-6(5)7(9)10/h5-6H,1-2,4H2,(H,9,10)/t5-,6-/m1/s1. The molecule has 1 fully saturated rings. The number of rotatable bonds is 1. The summed E-state index contributed by atoms with van der Waals surface area (Å²) in [4.78, 5) is 10.6. The molecule has 1 heterocycles. The highest BCUT2D eigenvalue weighted by molar-refractivity contribution is 7.91. The van der Waals surface area contributed by atoms with Gasteiger partial charge in [-0.3, -0.25) is 4.79 Å². The van der Waals surface area contributed by atoms with Gasteiger partial charge in [-0.15, -0.1) is 0 Å². The van der Waals surface area contributed by atoms with Crippen LogP contribution in [0.4, 0.5) is 0 Å². The average molecular weight is 203 g/mol. The number of sulfone groups is 1. The van der Waals surface area contributed by atoms with Gasteiger partial charge in [-0.1, -0.05) is 0 Å². The van der Waals surface area contributed by atoms with Crippen molar-refractivity contribution in [1.29, 1.82) is 5.26 Å². The van der Waals surface area contributed by atoms with Crippen LogP contribution in [0.25, 0.3) is 0 Å². The van der Waals surface area contributed by atoms with Gasteiger partial charge < -0.3 is 5.11 Å². The minimum Gasteiger partial charge on any atom is -0.481 e. The lowest BCUT2D eigenvalue weighted by Crippen LogP contribution is -2.36. The Morgan fingerprint density at radius 1 is 1.54 bits per heavy atom. The van der Waals surface area contributed by atoms with Crippen LogP contribution in [0, 0.1) is 23.2 Å². The average Bonchev–Trinajstić information content (AvgIpc) is 2.03. The lowest BCUT2D eigenvalue weighted by Gasteiger charge is -2.22. The van der Waals surface area contributed by atoms with Gasteiger partial charge in [0.2, 0.25) is 0 Å². The molecule has 6 heteroatoms. The molecular formula is C7H9NO4S. The SMILES string of the molecule is N#C[C@H]1CCS(=O)(=O)C[C@H]1C(=O)O. The molecule has 0 radical (unpaired) electrons. The van der Waals surface area contributed by atoms with Gasteiger partial charge in [-0.2, -0.15) is 5.26 Å². The Kier molecular flexibility index (Phi) is 2.57. The molecule has 0 aromatic carbocycles. The Balaban J connectivity index is 2.88. The summed E-state index contributed by atoms with van der Waals surface area (Å²) in [5.41, 5.74) is 0. The third kappa shape index (κ3) is 2.18. The van der Waals surface area contributed by atoms with Crippen molar-refractivity contribution >= 4 is 15.8 Å². The van der Waals surface area contributed by atoms with Crippen LogP contribution in [0.3, 0.4) is 0 Å². The number of carboxylic acid groups (broad SMARTS) is 1. The highest BCUT2D eigenvalue weighted by Gasteiger charge is 2.37. The third-order valence-corrected chi connectivity index (χ3v) is 3.87. The van der Waals surface area contributed by atoms with E-state index < -0.39 is 33.4 Å². The fourth-order valence-corrected chi connectivity index (χ4v) is 3.08. The second-order valence-electron chi connectivity index (χ2n) is 3.08. The monoisotopic (exact) mass is 203 g/mol. The summed E-state index contributed by atoms with van der Waals surface area (Å²) < 4.78 is 22.1. The summed E-state index contributed by atoms with van der Waals surface area (Å²) in [5, 5.41) is 17.2. The molecule has 13 heavy (non-hydrogen) atoms. The predicted molar refractivity (Wildman–Crippen MR) is 43.5 cm³/mol. The van der Waals surface area contributed by atoms with E-state index in [-0.39, 0.29) is 12.2 Å². The van der Waals surface area contributed by atoms with E-state index in [2.05, 4.69) is 0 Å². The van der Waals surface area contributed by atoms with Crippen LogP contribution in [-0.4, -0.2) is 31.0 Å². The minimum absolute atomic E-state index is 0.0744. The molecule has 0 spiro atoms. The summed E-state index contributed by atoms with van der Waals surface area (Å²) >= 11 is 0. The fourth-order valence-electron chi connectivity index (χ4n) is 1.38. The van der Waals surface area contributed by atoms with E-state index in [1.54, 1.807) is 0 Å². The van der Waals surface area contributed by atoms with E-state index in [4.69, 9.17) is 10.4 Å². The number of nitriles is 1. The molecule has 72 valence electrons. The predicted octanol–water partition coefficient (Wildman–Crippen LogP) is -0.355. The van der Waals surface area contributed by atoms with Gasteiger partial charge in [-0.05, 0) is 6.42 Å². The molecule has 2 atom stereocenters. The summed E-state index contributed by atoms with van der Waals surface area (Å²) in [7, 11) is -3.25. The van der Waals surface area contributed by atoms with E-state index in [0.717, 1.165) is 0 Å². The van der Waals surface area contributed by atoms with Crippen molar-refractivity contribution in [2.75, 3.05) is 11.5 Å². The Bertz CT molecular complexity index is 353. The first kappa shape index (κ1) is 9.99. The summed E-state index contributed by atoms with van der Waals surface area (Å²) in [6.45, 7) is 0. The van der Waals surface area contributed by atoms with Crippen LogP contribution in [-0.2, 0) is 14.6 Å². The first-order valence-electron chi connectivity index (χ1n) is 3.79. The van der Waals surface area contributed by atoms with Gasteiger partial charge >= 0.3 is 5.97 Å². The number of carbonyl (C=O) groups is 1. The maximum Gasteiger partial charge on any atom is 0.308 e. The van der Waals surface area contributed by atoms with Crippen LogP contribution in [0.1, 0.15) is 6.42 Å². The fraction of sp³-hybridized carbons (Fsp3) is 0.714. The zero-order chi connectivity index (χ0) is 10.1. The molecule has 1 aliphatic rings. The van der Waals surface area contributed by atoms with Gasteiger partial charge in [-0.25, -0.2) is 8.42 Å². The van der Waals surface area contributed by atoms with Crippen LogP contribution in [0.5, 0.6) is 0 Å². The minimum atomic E-state index is -3.25. The Morgan fingerprint density at radius 2 is 2.15 bits per heavy atom. The quantitative estimate of drug-likeness (QED) is 0.628. The number of aliphatic carboxylic acids is 1. The molecule has 5 nitrogen and oxygen atoms in total. The highest BCUT2D eigenvalue weighted by atomic mass is 32.2. The molecule has 0 aromatic heterocycles. The molecule has 0 saturated carbocycles. The Hall–Kier alpha value is -1.09. The molecule has 1 saturated heterocycles. The van der Waals surface area contributed by atoms with E-state index in [1.165, 1.54) is 0 Å². The first-order valence-corrected chi connectivity index (χ1v) is 5.61. The van der Waals surface area contributed by atoms with E-state index >= 15 is 0 Å². The van der Waals surface area contributed by atoms with Crippen LogP contribution in [0.15, 0.2) is 0 Å². The number of carboxylic acids is 1. The lowest BCUT2D eigenvalue weighted by molar-refractivity contribution is -0.142. The zero-order valence-electron chi connectivity index (χ0n) is 6.80. The summed E-state index contributed by atoms with van der Waals surface area (Å²) in [6, 6.07) is 1.83. The summed E-state index contributed by atoms with van der Waals surface area (Å²) in [6.07, 6.45) is 0.135. The van der Waals surface area contributed by atoms with Crippen LogP contribution < -0.4 is 0 Å². The molecule has 0 aromatic rings. The molecule has 0 bridgehead atoms. The van der Waals surface area contributed by atoms with E-state index in [0.29, 0.717) is 0 Å². The Labute approximate surface area is 75.9 Å². The van der Waals surface area contributed by atoms with Gasteiger partial charge in [0, 0.05) is 0 Å². The van der Waals surface area contributed by atoms with E-state index in [1.807, 2.05) is 6.07 Å². The summed E-state index contributed by atoms with van der Waals surface area (Å²) in [5.74, 6) is -3.39. The normalized spacial score (nSPS) is 31.9. The van der Waals surface area contributed by atoms with Crippen molar-refractivity contribution in [1.82, 2.24) is 0 Å². The second-order valence-corrected chi connectivity index (χ2v) is 5.31. The number of hydrogen-bond acceptors (Lipinski definition) is 4. The highest BCUT2D eigenvalue weighted by Crippen LogP contribution is 2.24. The van der Waals surface area contributed by atoms with Gasteiger partial charge in [0.05, 0.1) is 29.4 Å². The second kappa shape index (κ2) is 3.34. The molecule has 1 rings (SSSR count). The van der Waals surface area contributed by atoms with Crippen molar-refractivity contribution in [3.05, 3.63) is 0 Å². The molecule has 0 amide bonds. The first-order chi connectivity index (χ1) is 5.96. The van der Waals surface area contributed by atoms with Gasteiger partial charge in [0.25, 0.3) is 0 Å². The molecule has 1 N–H and O–H groups in total. The van der Waals surface area contributed by atoms with E-state index in [9.17, 15) is 13.2 Å². The maximum absolute atomic E-state index is 11.1. The maximum atomic E-state index is 11.1. The zero-order valence-corrected chi connectivity index (χ0v) is 7.62. The van der Waals surface area contributed by atoms with Gasteiger partial charge in [0.15, 0.2) is 9.84 Å². The molecule has 0 unspecified atom stereocenters. The molecule has 1 aliphatic heterocycles. The van der Waals surface area contributed by atoms with Crippen molar-refractivity contribution in [3.8, 4) is 6.07 Å². The number of hydrogen-bond donors (Lipinski definition) is 1. The lowest BCUT2D eigenvalue weighted by atomic mass is 9.93. The largest absolute Gasteiger partial charge is 0.481 e. The van der Waals surface area contributed by atoms with Crippen LogP contribution >= 0.6 is 0 Å². The van der Waals surface area contributed by atoms with Crippen molar-refractivity contribution in [2.45, 2.75) is 6.42 Å². The smallest absolute Gasteiger partial charge is 0.308 e. The third-order valence-electron chi connectivity index (χ3n) is 2.14. The molecule has 0 aliphatic carbocycles. The molecular weight excluding hydrogens is 194 g/mol. The van der Waals surface area contributed by atoms with Crippen molar-refractivity contribution in [2.24, 2.45) is 11.8 Å².